The molecule has 3 N–H and O–H groups in total. The third kappa shape index (κ3) is 12.2. The van der Waals surface area contributed by atoms with Crippen LogP contribution in [0.25, 0.3) is 0 Å². The second kappa shape index (κ2) is 12.5. The molecule has 0 radical (unpaired) electrons. The van der Waals surface area contributed by atoms with Crippen molar-refractivity contribution in [2.45, 2.75) is 65.8 Å². The molecule has 21 heavy (non-hydrogen) atoms. The highest BCUT2D eigenvalue weighted by Gasteiger charge is 2.05. The number of amides is 1. The summed E-state index contributed by atoms with van der Waals surface area (Å²) in [6.07, 6.45) is 5.08. The Kier molecular flexibility index (Phi) is 11.7. The standard InChI is InChI=1S/C16H34N4O/c1-6-14(4)20-15(21)10-12-19-16(17-5)18-11-8-7-9-13(2)3/h13-14H,6-12H2,1-5H3,(H,20,21)(H2,17,18,19). The van der Waals surface area contributed by atoms with E-state index in [4.69, 9.17) is 0 Å². The van der Waals surface area contributed by atoms with Crippen molar-refractivity contribution in [3.8, 4) is 0 Å². The molecule has 0 aromatic rings. The van der Waals surface area contributed by atoms with Crippen LogP contribution in [-0.2, 0) is 4.79 Å². The van der Waals surface area contributed by atoms with Gasteiger partial charge in [-0.05, 0) is 25.7 Å². The number of guanidine groups is 1. The zero-order valence-electron chi connectivity index (χ0n) is 14.5. The fourth-order valence-electron chi connectivity index (χ4n) is 1.85. The quantitative estimate of drug-likeness (QED) is 0.329. The van der Waals surface area contributed by atoms with Gasteiger partial charge in [0.05, 0.1) is 0 Å². The Labute approximate surface area is 130 Å². The third-order valence-electron chi connectivity index (χ3n) is 3.39. The maximum atomic E-state index is 11.6. The summed E-state index contributed by atoms with van der Waals surface area (Å²) in [5, 5.41) is 9.40. The van der Waals surface area contributed by atoms with E-state index in [1.165, 1.54) is 12.8 Å². The molecular formula is C16H34N4O. The molecule has 0 aliphatic heterocycles. The molecule has 0 aromatic heterocycles. The monoisotopic (exact) mass is 298 g/mol. The number of nitrogens with one attached hydrogen (secondary N) is 3. The van der Waals surface area contributed by atoms with Crippen LogP contribution in [0.3, 0.4) is 0 Å². The van der Waals surface area contributed by atoms with Crippen molar-refractivity contribution in [3.05, 3.63) is 0 Å². The van der Waals surface area contributed by atoms with Crippen LogP contribution in [0.5, 0.6) is 0 Å². The molecule has 1 unspecified atom stereocenters. The molecule has 0 bridgehead atoms. The lowest BCUT2D eigenvalue weighted by molar-refractivity contribution is -0.121. The average Bonchev–Trinajstić information content (AvgIpc) is 2.44. The number of aliphatic imine (C=N–C) groups is 1. The molecule has 124 valence electrons. The lowest BCUT2D eigenvalue weighted by Gasteiger charge is -2.14. The summed E-state index contributed by atoms with van der Waals surface area (Å²) in [4.78, 5) is 15.8. The Morgan fingerprint density at radius 2 is 1.76 bits per heavy atom. The normalized spacial score (nSPS) is 13.1. The van der Waals surface area contributed by atoms with E-state index in [1.807, 2.05) is 6.92 Å². The first-order valence-electron chi connectivity index (χ1n) is 8.23. The zero-order valence-corrected chi connectivity index (χ0v) is 14.5. The number of carbonyl (C=O) groups excluding carboxylic acids is 1. The van der Waals surface area contributed by atoms with E-state index in [0.717, 1.165) is 31.3 Å². The number of hydrogen-bond donors (Lipinski definition) is 3. The van der Waals surface area contributed by atoms with Gasteiger partial charge in [-0.25, -0.2) is 0 Å². The van der Waals surface area contributed by atoms with E-state index in [2.05, 4.69) is 41.7 Å². The van der Waals surface area contributed by atoms with E-state index in [0.29, 0.717) is 13.0 Å². The van der Waals surface area contributed by atoms with Crippen molar-refractivity contribution in [3.63, 3.8) is 0 Å². The molecule has 1 amide bonds. The fourth-order valence-corrected chi connectivity index (χ4v) is 1.85. The molecule has 0 fully saturated rings. The van der Waals surface area contributed by atoms with E-state index in [-0.39, 0.29) is 11.9 Å². The van der Waals surface area contributed by atoms with Gasteiger partial charge in [-0.3, -0.25) is 9.79 Å². The second-order valence-electron chi connectivity index (χ2n) is 5.94. The summed E-state index contributed by atoms with van der Waals surface area (Å²) in [5.41, 5.74) is 0. The van der Waals surface area contributed by atoms with Gasteiger partial charge in [-0.15, -0.1) is 0 Å². The molecule has 0 saturated carbocycles. The van der Waals surface area contributed by atoms with Crippen molar-refractivity contribution in [1.29, 1.82) is 0 Å². The smallest absolute Gasteiger partial charge is 0.221 e. The van der Waals surface area contributed by atoms with Crippen LogP contribution < -0.4 is 16.0 Å². The van der Waals surface area contributed by atoms with E-state index >= 15 is 0 Å². The van der Waals surface area contributed by atoms with Crippen LogP contribution in [0.4, 0.5) is 0 Å². The van der Waals surface area contributed by atoms with Gasteiger partial charge < -0.3 is 16.0 Å². The second-order valence-corrected chi connectivity index (χ2v) is 5.94. The maximum absolute atomic E-state index is 11.6. The predicted octanol–water partition coefficient (Wildman–Crippen LogP) is 2.28. The van der Waals surface area contributed by atoms with Gasteiger partial charge in [0, 0.05) is 32.6 Å². The van der Waals surface area contributed by atoms with Crippen molar-refractivity contribution < 1.29 is 4.79 Å². The molecule has 5 nitrogen and oxygen atoms in total. The third-order valence-corrected chi connectivity index (χ3v) is 3.39. The van der Waals surface area contributed by atoms with Gasteiger partial charge in [-0.2, -0.15) is 0 Å². The zero-order chi connectivity index (χ0) is 16.1. The van der Waals surface area contributed by atoms with Gasteiger partial charge in [0.1, 0.15) is 0 Å². The fraction of sp³-hybridized carbons (Fsp3) is 0.875. The first kappa shape index (κ1) is 19.7. The van der Waals surface area contributed by atoms with E-state index in [1.54, 1.807) is 7.05 Å². The molecule has 0 rings (SSSR count). The summed E-state index contributed by atoms with van der Waals surface area (Å²) < 4.78 is 0. The van der Waals surface area contributed by atoms with Gasteiger partial charge in [0.2, 0.25) is 5.91 Å². The predicted molar refractivity (Wildman–Crippen MR) is 90.6 cm³/mol. The summed E-state index contributed by atoms with van der Waals surface area (Å²) >= 11 is 0. The Morgan fingerprint density at radius 3 is 2.33 bits per heavy atom. The number of hydrogen-bond acceptors (Lipinski definition) is 2. The Bertz CT molecular complexity index is 303. The van der Waals surface area contributed by atoms with Crippen LogP contribution in [0.2, 0.25) is 0 Å². The minimum Gasteiger partial charge on any atom is -0.356 e. The Balaban J connectivity index is 3.69. The molecule has 0 aliphatic rings. The highest BCUT2D eigenvalue weighted by molar-refractivity contribution is 5.81. The topological polar surface area (TPSA) is 65.5 Å². The summed E-state index contributed by atoms with van der Waals surface area (Å²) in [6, 6.07) is 0.246. The van der Waals surface area contributed by atoms with Crippen LogP contribution in [0.15, 0.2) is 4.99 Å². The van der Waals surface area contributed by atoms with E-state index in [9.17, 15) is 4.79 Å². The number of carbonyl (C=O) groups is 1. The molecular weight excluding hydrogens is 264 g/mol. The highest BCUT2D eigenvalue weighted by Crippen LogP contribution is 2.04. The van der Waals surface area contributed by atoms with Crippen LogP contribution in [0, 0.1) is 5.92 Å². The molecule has 5 heteroatoms. The van der Waals surface area contributed by atoms with Crippen molar-refractivity contribution >= 4 is 11.9 Å². The number of nitrogens with zero attached hydrogens (tertiary/aromatic N) is 1. The lowest BCUT2D eigenvalue weighted by atomic mass is 10.1. The molecule has 0 aromatic carbocycles. The van der Waals surface area contributed by atoms with Gasteiger partial charge >= 0.3 is 0 Å². The lowest BCUT2D eigenvalue weighted by Crippen LogP contribution is -2.40. The Hall–Kier alpha value is -1.26. The van der Waals surface area contributed by atoms with Crippen LogP contribution in [0.1, 0.15) is 59.8 Å². The van der Waals surface area contributed by atoms with Crippen molar-refractivity contribution in [2.75, 3.05) is 20.1 Å². The first-order valence-corrected chi connectivity index (χ1v) is 8.23. The molecule has 1 atom stereocenters. The summed E-state index contributed by atoms with van der Waals surface area (Å²) in [7, 11) is 1.75. The van der Waals surface area contributed by atoms with Crippen LogP contribution >= 0.6 is 0 Å². The Morgan fingerprint density at radius 1 is 1.10 bits per heavy atom. The molecule has 0 aliphatic carbocycles. The first-order chi connectivity index (χ1) is 9.99. The molecule has 0 heterocycles. The number of rotatable bonds is 10. The number of unbranched alkanes of at least 4 members (excludes halogenated alkanes) is 1. The minimum absolute atomic E-state index is 0.0873. The summed E-state index contributed by atoms with van der Waals surface area (Å²) in [5.74, 6) is 1.63. The van der Waals surface area contributed by atoms with Crippen molar-refractivity contribution in [1.82, 2.24) is 16.0 Å². The summed E-state index contributed by atoms with van der Waals surface area (Å²) in [6.45, 7) is 10.1. The maximum Gasteiger partial charge on any atom is 0.221 e. The minimum atomic E-state index is 0.0873. The average molecular weight is 298 g/mol. The van der Waals surface area contributed by atoms with Gasteiger partial charge in [0.15, 0.2) is 5.96 Å². The highest BCUT2D eigenvalue weighted by atomic mass is 16.1. The van der Waals surface area contributed by atoms with Crippen molar-refractivity contribution in [2.24, 2.45) is 10.9 Å². The SMILES string of the molecule is CCC(C)NC(=O)CCNC(=NC)NCCCCC(C)C. The van der Waals surface area contributed by atoms with Gasteiger partial charge in [-0.1, -0.05) is 33.6 Å². The van der Waals surface area contributed by atoms with Gasteiger partial charge in [0.25, 0.3) is 0 Å². The molecule has 0 saturated heterocycles. The largest absolute Gasteiger partial charge is 0.356 e. The molecule has 0 spiro atoms. The van der Waals surface area contributed by atoms with E-state index < -0.39 is 0 Å². The van der Waals surface area contributed by atoms with Crippen LogP contribution in [-0.4, -0.2) is 38.0 Å².